The van der Waals surface area contributed by atoms with Gasteiger partial charge in [-0.2, -0.15) is 0 Å². The van der Waals surface area contributed by atoms with Crippen molar-refractivity contribution < 1.29 is 18.8 Å². The van der Waals surface area contributed by atoms with Gasteiger partial charge >= 0.3 is 5.97 Å². The maximum atomic E-state index is 12.4. The number of nitrogens with zero attached hydrogens (tertiary/aromatic N) is 1. The van der Waals surface area contributed by atoms with Crippen molar-refractivity contribution in [3.8, 4) is 11.3 Å². The van der Waals surface area contributed by atoms with E-state index in [0.717, 1.165) is 24.0 Å². The number of esters is 1. The number of hydrogen-bond donors (Lipinski definition) is 1. The van der Waals surface area contributed by atoms with Gasteiger partial charge in [0.05, 0.1) is 12.2 Å². The van der Waals surface area contributed by atoms with Crippen LogP contribution in [0.25, 0.3) is 11.3 Å². The molecule has 1 heterocycles. The van der Waals surface area contributed by atoms with E-state index in [1.165, 1.54) is 0 Å². The molecule has 0 aliphatic rings. The van der Waals surface area contributed by atoms with E-state index in [0.29, 0.717) is 23.6 Å². The average molecular weight is 378 g/mol. The van der Waals surface area contributed by atoms with Crippen molar-refractivity contribution in [1.82, 2.24) is 5.16 Å². The molecule has 2 aromatic carbocycles. The standard InChI is InChI=1S/C22H22N2O4/c1-3-4-13-27-22(26)16-9-11-17(12-10-16)23-21(25)19-14-20(28-24-19)18-8-6-5-7-15(18)2/h5-12,14H,3-4,13H2,1-2H3,(H,23,25). The molecule has 144 valence electrons. The van der Waals surface area contributed by atoms with Crippen molar-refractivity contribution in [1.29, 1.82) is 0 Å². The number of amides is 1. The van der Waals surface area contributed by atoms with Crippen molar-refractivity contribution in [2.24, 2.45) is 0 Å². The van der Waals surface area contributed by atoms with E-state index >= 15 is 0 Å². The number of benzene rings is 2. The predicted octanol–water partition coefficient (Wildman–Crippen LogP) is 4.86. The Labute approximate surface area is 163 Å². The molecule has 6 heteroatoms. The summed E-state index contributed by atoms with van der Waals surface area (Å²) in [5, 5.41) is 6.60. The fourth-order valence-electron chi connectivity index (χ4n) is 2.64. The normalized spacial score (nSPS) is 10.5. The molecule has 0 aliphatic heterocycles. The molecule has 0 spiro atoms. The highest BCUT2D eigenvalue weighted by Crippen LogP contribution is 2.24. The molecule has 0 radical (unpaired) electrons. The Morgan fingerprint density at radius 3 is 2.57 bits per heavy atom. The third-order valence-corrected chi connectivity index (χ3v) is 4.26. The van der Waals surface area contributed by atoms with Crippen molar-refractivity contribution in [3.05, 3.63) is 71.4 Å². The highest BCUT2D eigenvalue weighted by atomic mass is 16.5. The molecule has 3 rings (SSSR count). The van der Waals surface area contributed by atoms with Gasteiger partial charge in [-0.15, -0.1) is 0 Å². The quantitative estimate of drug-likeness (QED) is 0.469. The van der Waals surface area contributed by atoms with Gasteiger partial charge < -0.3 is 14.6 Å². The number of unbranched alkanes of at least 4 members (excludes halogenated alkanes) is 1. The van der Waals surface area contributed by atoms with Gasteiger partial charge in [-0.05, 0) is 43.2 Å². The molecule has 28 heavy (non-hydrogen) atoms. The molecule has 0 aliphatic carbocycles. The monoisotopic (exact) mass is 378 g/mol. The minimum atomic E-state index is -0.387. The number of ether oxygens (including phenoxy) is 1. The number of nitrogens with one attached hydrogen (secondary N) is 1. The molecule has 3 aromatic rings. The lowest BCUT2D eigenvalue weighted by Gasteiger charge is -2.06. The summed E-state index contributed by atoms with van der Waals surface area (Å²) in [7, 11) is 0. The number of aromatic nitrogens is 1. The molecule has 0 bridgehead atoms. The van der Waals surface area contributed by atoms with Crippen LogP contribution in [0.15, 0.2) is 59.1 Å². The zero-order valence-electron chi connectivity index (χ0n) is 15.9. The van der Waals surface area contributed by atoms with Gasteiger partial charge in [0.2, 0.25) is 0 Å². The van der Waals surface area contributed by atoms with Crippen LogP contribution >= 0.6 is 0 Å². The first-order valence-electron chi connectivity index (χ1n) is 9.19. The van der Waals surface area contributed by atoms with E-state index in [9.17, 15) is 9.59 Å². The molecule has 0 unspecified atom stereocenters. The van der Waals surface area contributed by atoms with E-state index in [1.54, 1.807) is 30.3 Å². The average Bonchev–Trinajstić information content (AvgIpc) is 3.19. The van der Waals surface area contributed by atoms with Crippen molar-refractivity contribution >= 4 is 17.6 Å². The first kappa shape index (κ1) is 19.4. The van der Waals surface area contributed by atoms with E-state index in [2.05, 4.69) is 10.5 Å². The van der Waals surface area contributed by atoms with Crippen LogP contribution < -0.4 is 5.32 Å². The number of aryl methyl sites for hydroxylation is 1. The number of carbonyl (C=O) groups is 2. The second-order valence-corrected chi connectivity index (χ2v) is 6.41. The summed E-state index contributed by atoms with van der Waals surface area (Å²) in [6, 6.07) is 15.9. The molecule has 0 saturated heterocycles. The van der Waals surface area contributed by atoms with Crippen LogP contribution in [0.2, 0.25) is 0 Å². The van der Waals surface area contributed by atoms with Gasteiger partial charge in [-0.25, -0.2) is 4.79 Å². The van der Waals surface area contributed by atoms with Crippen LogP contribution in [0.5, 0.6) is 0 Å². The molecule has 1 N–H and O–H groups in total. The summed E-state index contributed by atoms with van der Waals surface area (Å²) in [6.07, 6.45) is 1.80. The Morgan fingerprint density at radius 1 is 1.11 bits per heavy atom. The first-order valence-corrected chi connectivity index (χ1v) is 9.19. The fraction of sp³-hybridized carbons (Fsp3) is 0.227. The first-order chi connectivity index (χ1) is 13.6. The second-order valence-electron chi connectivity index (χ2n) is 6.41. The lowest BCUT2D eigenvalue weighted by Crippen LogP contribution is -2.12. The molecular formula is C22H22N2O4. The lowest BCUT2D eigenvalue weighted by molar-refractivity contribution is 0.0499. The van der Waals surface area contributed by atoms with Crippen LogP contribution in [-0.2, 0) is 4.74 Å². The van der Waals surface area contributed by atoms with E-state index in [-0.39, 0.29) is 17.6 Å². The van der Waals surface area contributed by atoms with Crippen LogP contribution in [0.3, 0.4) is 0 Å². The minimum absolute atomic E-state index is 0.182. The Kier molecular flexibility index (Phi) is 6.22. The van der Waals surface area contributed by atoms with Crippen LogP contribution in [0.1, 0.15) is 46.2 Å². The molecule has 0 fully saturated rings. The Bertz CT molecular complexity index is 961. The zero-order valence-corrected chi connectivity index (χ0v) is 15.9. The van der Waals surface area contributed by atoms with E-state index < -0.39 is 0 Å². The molecule has 0 saturated carbocycles. The lowest BCUT2D eigenvalue weighted by atomic mass is 10.1. The smallest absolute Gasteiger partial charge is 0.338 e. The minimum Gasteiger partial charge on any atom is -0.462 e. The van der Waals surface area contributed by atoms with Crippen molar-refractivity contribution in [2.75, 3.05) is 11.9 Å². The molecule has 6 nitrogen and oxygen atoms in total. The van der Waals surface area contributed by atoms with Crippen molar-refractivity contribution in [2.45, 2.75) is 26.7 Å². The largest absolute Gasteiger partial charge is 0.462 e. The van der Waals surface area contributed by atoms with Gasteiger partial charge in [0.1, 0.15) is 0 Å². The van der Waals surface area contributed by atoms with Gasteiger partial charge in [0, 0.05) is 17.3 Å². The molecule has 1 amide bonds. The summed E-state index contributed by atoms with van der Waals surface area (Å²) in [4.78, 5) is 24.3. The summed E-state index contributed by atoms with van der Waals surface area (Å²) in [5.41, 5.74) is 3.10. The number of rotatable bonds is 7. The molecule has 0 atom stereocenters. The maximum absolute atomic E-state index is 12.4. The third-order valence-electron chi connectivity index (χ3n) is 4.26. The van der Waals surface area contributed by atoms with Gasteiger partial charge in [-0.1, -0.05) is 42.8 Å². The summed E-state index contributed by atoms with van der Waals surface area (Å²) in [5.74, 6) is -0.221. The van der Waals surface area contributed by atoms with E-state index in [1.807, 2.05) is 38.1 Å². The summed E-state index contributed by atoms with van der Waals surface area (Å²) >= 11 is 0. The molecular weight excluding hydrogens is 356 g/mol. The maximum Gasteiger partial charge on any atom is 0.338 e. The van der Waals surface area contributed by atoms with Crippen molar-refractivity contribution in [3.63, 3.8) is 0 Å². The van der Waals surface area contributed by atoms with Gasteiger partial charge in [0.15, 0.2) is 11.5 Å². The highest BCUT2D eigenvalue weighted by molar-refractivity contribution is 6.03. The number of hydrogen-bond acceptors (Lipinski definition) is 5. The SMILES string of the molecule is CCCCOC(=O)c1ccc(NC(=O)c2cc(-c3ccccc3C)on2)cc1. The third kappa shape index (κ3) is 4.65. The molecule has 1 aromatic heterocycles. The van der Waals surface area contributed by atoms with Crippen LogP contribution in [0, 0.1) is 6.92 Å². The number of carbonyl (C=O) groups excluding carboxylic acids is 2. The second kappa shape index (κ2) is 8.99. The van der Waals surface area contributed by atoms with Crippen LogP contribution in [-0.4, -0.2) is 23.6 Å². The fourth-order valence-corrected chi connectivity index (χ4v) is 2.64. The Morgan fingerprint density at radius 2 is 1.86 bits per heavy atom. The van der Waals surface area contributed by atoms with Gasteiger partial charge in [-0.3, -0.25) is 4.79 Å². The zero-order chi connectivity index (χ0) is 19.9. The van der Waals surface area contributed by atoms with Crippen LogP contribution in [0.4, 0.5) is 5.69 Å². The summed E-state index contributed by atoms with van der Waals surface area (Å²) < 4.78 is 10.5. The highest BCUT2D eigenvalue weighted by Gasteiger charge is 2.15. The number of anilines is 1. The predicted molar refractivity (Wildman–Crippen MR) is 106 cm³/mol. The Balaban J connectivity index is 1.64. The van der Waals surface area contributed by atoms with Gasteiger partial charge in [0.25, 0.3) is 5.91 Å². The Hall–Kier alpha value is -3.41. The van der Waals surface area contributed by atoms with E-state index in [4.69, 9.17) is 9.26 Å². The summed E-state index contributed by atoms with van der Waals surface area (Å²) in [6.45, 7) is 4.40. The topological polar surface area (TPSA) is 81.4 Å².